The number of carbonyl (C=O) groups excluding carboxylic acids is 2. The van der Waals surface area contributed by atoms with Crippen LogP contribution >= 0.6 is 15.9 Å². The number of halogens is 1. The third-order valence-electron chi connectivity index (χ3n) is 1.97. The van der Waals surface area contributed by atoms with E-state index in [1.807, 2.05) is 0 Å². The van der Waals surface area contributed by atoms with Gasteiger partial charge in [-0.3, -0.25) is 9.59 Å². The Hall–Kier alpha value is -1.62. The van der Waals surface area contributed by atoms with Crippen molar-refractivity contribution in [2.24, 2.45) is 0 Å². The quantitative estimate of drug-likeness (QED) is 0.639. The molecule has 4 nitrogen and oxygen atoms in total. The van der Waals surface area contributed by atoms with E-state index in [1.165, 1.54) is 18.4 Å². The van der Waals surface area contributed by atoms with Crippen LogP contribution in [0.25, 0.3) is 0 Å². The van der Waals surface area contributed by atoms with Crippen molar-refractivity contribution in [2.75, 3.05) is 0 Å². The van der Waals surface area contributed by atoms with Crippen LogP contribution in [0.1, 0.15) is 27.5 Å². The summed E-state index contributed by atoms with van der Waals surface area (Å²) >= 11 is 3.08. The van der Waals surface area contributed by atoms with Gasteiger partial charge in [-0.25, -0.2) is 0 Å². The summed E-state index contributed by atoms with van der Waals surface area (Å²) in [5.74, 6) is -0.389. The third-order valence-corrected chi connectivity index (χ3v) is 2.39. The molecule has 2 rings (SSSR count). The molecule has 0 aliphatic rings. The van der Waals surface area contributed by atoms with Crippen molar-refractivity contribution in [3.05, 3.63) is 46.7 Å². The lowest BCUT2D eigenvalue weighted by atomic mass is 10.1. The van der Waals surface area contributed by atoms with Gasteiger partial charge in [0, 0.05) is 0 Å². The number of ketones is 2. The van der Waals surface area contributed by atoms with E-state index in [9.17, 15) is 9.59 Å². The molecule has 5 heteroatoms. The summed E-state index contributed by atoms with van der Waals surface area (Å²) in [7, 11) is 0. The summed E-state index contributed by atoms with van der Waals surface area (Å²) in [6, 6.07) is 6.24. The van der Waals surface area contributed by atoms with E-state index < -0.39 is 0 Å². The Balaban J connectivity index is 2.06. The number of hydrogen-bond donors (Lipinski definition) is 0. The second kappa shape index (κ2) is 4.49. The predicted molar refractivity (Wildman–Crippen MR) is 58.4 cm³/mol. The average Bonchev–Trinajstić information content (AvgIpc) is 2.87. The van der Waals surface area contributed by atoms with Gasteiger partial charge < -0.3 is 8.83 Å². The van der Waals surface area contributed by atoms with E-state index in [0.29, 0.717) is 4.67 Å². The van der Waals surface area contributed by atoms with Crippen LogP contribution < -0.4 is 0 Å². The largest absolute Gasteiger partial charge is 0.461 e. The molecule has 0 spiro atoms. The normalized spacial score (nSPS) is 10.3. The Morgan fingerprint density at radius 1 is 1.12 bits per heavy atom. The van der Waals surface area contributed by atoms with Crippen molar-refractivity contribution >= 4 is 27.5 Å². The van der Waals surface area contributed by atoms with Gasteiger partial charge in [0.05, 0.1) is 12.7 Å². The van der Waals surface area contributed by atoms with Crippen LogP contribution in [-0.4, -0.2) is 11.6 Å². The maximum absolute atomic E-state index is 11.6. The molecule has 2 aromatic heterocycles. The highest BCUT2D eigenvalue weighted by Gasteiger charge is 2.18. The summed E-state index contributed by atoms with van der Waals surface area (Å²) in [6.45, 7) is 0. The predicted octanol–water partition coefficient (Wildman–Crippen LogP) is 3.09. The molecule has 0 aliphatic heterocycles. The Morgan fingerprint density at radius 3 is 2.44 bits per heavy atom. The van der Waals surface area contributed by atoms with Gasteiger partial charge >= 0.3 is 0 Å². The molecule has 0 radical (unpaired) electrons. The lowest BCUT2D eigenvalue weighted by Gasteiger charge is -1.94. The smallest absolute Gasteiger partial charge is 0.205 e. The van der Waals surface area contributed by atoms with E-state index in [1.54, 1.807) is 12.1 Å². The minimum atomic E-state index is -0.368. The zero-order valence-corrected chi connectivity index (χ0v) is 9.69. The van der Waals surface area contributed by atoms with Crippen molar-refractivity contribution < 1.29 is 18.4 Å². The molecule has 0 saturated heterocycles. The molecule has 0 fully saturated rings. The summed E-state index contributed by atoms with van der Waals surface area (Å²) in [6.07, 6.45) is 1.13. The van der Waals surface area contributed by atoms with Crippen molar-refractivity contribution in [2.45, 2.75) is 6.42 Å². The van der Waals surface area contributed by atoms with Crippen LogP contribution in [0.5, 0.6) is 0 Å². The molecule has 0 bridgehead atoms. The first-order valence-electron chi connectivity index (χ1n) is 4.52. The topological polar surface area (TPSA) is 60.4 Å². The maximum atomic E-state index is 11.6. The van der Waals surface area contributed by atoms with Gasteiger partial charge in [0.2, 0.25) is 11.6 Å². The lowest BCUT2D eigenvalue weighted by Crippen LogP contribution is -2.06. The molecule has 0 aliphatic carbocycles. The molecular formula is C11H7BrO4. The van der Waals surface area contributed by atoms with E-state index in [0.717, 1.165) is 0 Å². The highest BCUT2D eigenvalue weighted by molar-refractivity contribution is 9.10. The molecule has 0 saturated carbocycles. The molecule has 0 amide bonds. The van der Waals surface area contributed by atoms with Crippen molar-refractivity contribution in [3.63, 3.8) is 0 Å². The highest BCUT2D eigenvalue weighted by Crippen LogP contribution is 2.16. The van der Waals surface area contributed by atoms with Gasteiger partial charge in [0.1, 0.15) is 0 Å². The van der Waals surface area contributed by atoms with Gasteiger partial charge in [-0.15, -0.1) is 0 Å². The van der Waals surface area contributed by atoms with E-state index >= 15 is 0 Å². The van der Waals surface area contributed by atoms with Gasteiger partial charge in [-0.2, -0.15) is 0 Å². The molecule has 16 heavy (non-hydrogen) atoms. The molecule has 2 heterocycles. The van der Waals surface area contributed by atoms with Crippen LogP contribution in [0.3, 0.4) is 0 Å². The Kier molecular flexibility index (Phi) is 3.05. The standard InChI is InChI=1S/C11H7BrO4/c12-11-4-3-10(16-11)8(14)6-7(13)9-2-1-5-15-9/h1-5H,6H2. The van der Waals surface area contributed by atoms with E-state index in [-0.39, 0.29) is 29.5 Å². The first-order chi connectivity index (χ1) is 7.66. The second-order valence-corrected chi connectivity index (χ2v) is 3.89. The molecule has 2 aromatic rings. The van der Waals surface area contributed by atoms with Crippen molar-refractivity contribution in [3.8, 4) is 0 Å². The Morgan fingerprint density at radius 2 is 1.88 bits per heavy atom. The third kappa shape index (κ3) is 2.30. The minimum absolute atomic E-state index is 0.159. The number of carbonyl (C=O) groups is 2. The van der Waals surface area contributed by atoms with E-state index in [4.69, 9.17) is 8.83 Å². The van der Waals surface area contributed by atoms with Crippen LogP contribution in [0.15, 0.2) is 44.0 Å². The Labute approximate surface area is 99.4 Å². The molecular weight excluding hydrogens is 276 g/mol. The molecule has 0 atom stereocenters. The zero-order chi connectivity index (χ0) is 11.5. The molecule has 82 valence electrons. The van der Waals surface area contributed by atoms with Gasteiger partial charge in [0.15, 0.2) is 16.2 Å². The molecule has 0 N–H and O–H groups in total. The summed E-state index contributed by atoms with van der Waals surface area (Å²) in [5, 5.41) is 0. The SMILES string of the molecule is O=C(CC(=O)c1ccc(Br)o1)c1ccco1. The summed E-state index contributed by atoms with van der Waals surface area (Å²) in [4.78, 5) is 23.1. The van der Waals surface area contributed by atoms with Gasteiger partial charge in [0.25, 0.3) is 0 Å². The number of Topliss-reactive ketones (excluding diaryl/α,β-unsaturated/α-hetero) is 2. The second-order valence-electron chi connectivity index (χ2n) is 3.10. The fourth-order valence-electron chi connectivity index (χ4n) is 1.22. The van der Waals surface area contributed by atoms with Crippen molar-refractivity contribution in [1.82, 2.24) is 0 Å². The first-order valence-corrected chi connectivity index (χ1v) is 5.31. The maximum Gasteiger partial charge on any atom is 0.205 e. The summed E-state index contributed by atoms with van der Waals surface area (Å²) < 4.78 is 10.4. The molecule has 0 aromatic carbocycles. The van der Waals surface area contributed by atoms with Gasteiger partial charge in [-0.1, -0.05) is 0 Å². The van der Waals surface area contributed by atoms with Gasteiger partial charge in [-0.05, 0) is 40.2 Å². The van der Waals surface area contributed by atoms with Crippen LogP contribution in [-0.2, 0) is 0 Å². The Bertz CT molecular complexity index is 510. The lowest BCUT2D eigenvalue weighted by molar-refractivity contribution is 0.0863. The van der Waals surface area contributed by atoms with E-state index in [2.05, 4.69) is 15.9 Å². The summed E-state index contributed by atoms with van der Waals surface area (Å²) in [5.41, 5.74) is 0. The fraction of sp³-hybridized carbons (Fsp3) is 0.0909. The van der Waals surface area contributed by atoms with Crippen LogP contribution in [0, 0.1) is 0 Å². The minimum Gasteiger partial charge on any atom is -0.461 e. The number of rotatable bonds is 4. The molecule has 0 unspecified atom stereocenters. The average molecular weight is 283 g/mol. The highest BCUT2D eigenvalue weighted by atomic mass is 79.9. The van der Waals surface area contributed by atoms with Crippen LogP contribution in [0.2, 0.25) is 0 Å². The van der Waals surface area contributed by atoms with Crippen molar-refractivity contribution in [1.29, 1.82) is 0 Å². The van der Waals surface area contributed by atoms with Crippen LogP contribution in [0.4, 0.5) is 0 Å². The first kappa shape index (κ1) is 10.9. The fourth-order valence-corrected chi connectivity index (χ4v) is 1.53. The number of hydrogen-bond acceptors (Lipinski definition) is 4. The number of furan rings is 2. The monoisotopic (exact) mass is 282 g/mol. The zero-order valence-electron chi connectivity index (χ0n) is 8.10.